The van der Waals surface area contributed by atoms with Gasteiger partial charge in [0.2, 0.25) is 0 Å². The van der Waals surface area contributed by atoms with E-state index in [0.717, 1.165) is 0 Å². The lowest BCUT2D eigenvalue weighted by Crippen LogP contribution is -2.20. The molecular formula is C7H16O3. The Labute approximate surface area is 62.2 Å². The molecule has 3 nitrogen and oxygen atoms in total. The highest BCUT2D eigenvalue weighted by molar-refractivity contribution is 4.54. The minimum Gasteiger partial charge on any atom is -0.382 e. The average Bonchev–Trinajstić information content (AvgIpc) is 1.78. The summed E-state index contributed by atoms with van der Waals surface area (Å²) in [5.74, 6) is 0. The minimum atomic E-state index is -0.228. The van der Waals surface area contributed by atoms with Crippen LogP contribution in [0.1, 0.15) is 20.8 Å². The van der Waals surface area contributed by atoms with Crippen LogP contribution in [0.3, 0.4) is 0 Å². The Morgan fingerprint density at radius 1 is 1.10 bits per heavy atom. The Morgan fingerprint density at radius 2 is 1.70 bits per heavy atom. The maximum Gasteiger partial charge on any atom is 0.106 e. The summed E-state index contributed by atoms with van der Waals surface area (Å²) in [5, 5.41) is 0. The molecule has 0 saturated carbocycles. The van der Waals surface area contributed by atoms with Gasteiger partial charge in [-0.3, -0.25) is 0 Å². The largest absolute Gasteiger partial charge is 0.382 e. The number of methoxy groups -OCH3 is 1. The van der Waals surface area contributed by atoms with Gasteiger partial charge in [-0.2, -0.15) is 0 Å². The van der Waals surface area contributed by atoms with Gasteiger partial charge in [0.15, 0.2) is 0 Å². The topological polar surface area (TPSA) is 27.7 Å². The molecule has 0 aliphatic rings. The molecule has 0 bridgehead atoms. The van der Waals surface area contributed by atoms with Crippen LogP contribution < -0.4 is 0 Å². The van der Waals surface area contributed by atoms with Gasteiger partial charge in [0.1, 0.15) is 6.61 Å². The van der Waals surface area contributed by atoms with Crippen molar-refractivity contribution >= 4 is 0 Å². The highest BCUT2D eigenvalue weighted by Crippen LogP contribution is 2.06. The van der Waals surface area contributed by atoms with Crippen LogP contribution in [0.15, 0.2) is 0 Å². The van der Waals surface area contributed by atoms with Crippen molar-refractivity contribution in [1.29, 1.82) is 0 Å². The van der Waals surface area contributed by atoms with Gasteiger partial charge in [-0.1, -0.05) is 0 Å². The molecule has 0 spiro atoms. The second-order valence-corrected chi connectivity index (χ2v) is 3.01. The number of rotatable bonds is 4. The van der Waals surface area contributed by atoms with Gasteiger partial charge in [-0.25, -0.2) is 9.78 Å². The van der Waals surface area contributed by atoms with Gasteiger partial charge >= 0.3 is 0 Å². The first-order chi connectivity index (χ1) is 4.56. The molecule has 0 amide bonds. The molecule has 0 fully saturated rings. The molecule has 0 aromatic carbocycles. The third kappa shape index (κ3) is 7.88. The summed E-state index contributed by atoms with van der Waals surface area (Å²) in [6.07, 6.45) is 0. The Balaban J connectivity index is 3.04. The Morgan fingerprint density at radius 3 is 2.10 bits per heavy atom. The van der Waals surface area contributed by atoms with E-state index in [1.54, 1.807) is 7.11 Å². The normalized spacial score (nSPS) is 12.0. The zero-order valence-electron chi connectivity index (χ0n) is 7.14. The zero-order chi connectivity index (χ0) is 8.04. The summed E-state index contributed by atoms with van der Waals surface area (Å²) in [6, 6.07) is 0. The van der Waals surface area contributed by atoms with Crippen LogP contribution in [0.25, 0.3) is 0 Å². The average molecular weight is 148 g/mol. The number of hydrogen-bond donors (Lipinski definition) is 0. The van der Waals surface area contributed by atoms with E-state index in [1.807, 2.05) is 20.8 Å². The fourth-order valence-corrected chi connectivity index (χ4v) is 0.336. The third-order valence-electron chi connectivity index (χ3n) is 0.680. The van der Waals surface area contributed by atoms with Crippen molar-refractivity contribution in [1.82, 2.24) is 0 Å². The molecule has 3 heteroatoms. The molecule has 0 atom stereocenters. The predicted octanol–water partition coefficient (Wildman–Crippen LogP) is 1.38. The smallest absolute Gasteiger partial charge is 0.106 e. The second kappa shape index (κ2) is 4.66. The zero-order valence-corrected chi connectivity index (χ0v) is 7.14. The van der Waals surface area contributed by atoms with Crippen molar-refractivity contribution in [3.63, 3.8) is 0 Å². The van der Waals surface area contributed by atoms with Crippen LogP contribution in [0.5, 0.6) is 0 Å². The van der Waals surface area contributed by atoms with Crippen LogP contribution in [0.2, 0.25) is 0 Å². The molecule has 0 N–H and O–H groups in total. The lowest BCUT2D eigenvalue weighted by molar-refractivity contribution is -0.351. The van der Waals surface area contributed by atoms with Crippen molar-refractivity contribution < 1.29 is 14.5 Å². The van der Waals surface area contributed by atoms with E-state index in [-0.39, 0.29) is 5.60 Å². The number of hydrogen-bond acceptors (Lipinski definition) is 3. The highest BCUT2D eigenvalue weighted by atomic mass is 17.2. The second-order valence-electron chi connectivity index (χ2n) is 3.01. The van der Waals surface area contributed by atoms with E-state index in [9.17, 15) is 0 Å². The van der Waals surface area contributed by atoms with E-state index >= 15 is 0 Å². The third-order valence-corrected chi connectivity index (χ3v) is 0.680. The van der Waals surface area contributed by atoms with Gasteiger partial charge in [0, 0.05) is 7.11 Å². The summed E-state index contributed by atoms with van der Waals surface area (Å²) in [6.45, 7) is 6.84. The van der Waals surface area contributed by atoms with Gasteiger partial charge in [0.05, 0.1) is 12.2 Å². The lowest BCUT2D eigenvalue weighted by atomic mass is 10.2. The summed E-state index contributed by atoms with van der Waals surface area (Å²) in [7, 11) is 1.63. The maximum atomic E-state index is 4.95. The van der Waals surface area contributed by atoms with E-state index < -0.39 is 0 Å². The molecule has 0 rings (SSSR count). The molecule has 0 aromatic heterocycles. The standard InChI is InChI=1S/C7H16O3/c1-7(2,3)10-9-6-5-8-4/h5-6H2,1-4H3. The minimum absolute atomic E-state index is 0.228. The Bertz CT molecular complexity index is 75.4. The van der Waals surface area contributed by atoms with Crippen molar-refractivity contribution in [2.45, 2.75) is 26.4 Å². The number of ether oxygens (including phenoxy) is 1. The van der Waals surface area contributed by atoms with Crippen LogP contribution in [0.4, 0.5) is 0 Å². The van der Waals surface area contributed by atoms with E-state index in [0.29, 0.717) is 13.2 Å². The Kier molecular flexibility index (Phi) is 4.60. The van der Waals surface area contributed by atoms with E-state index in [2.05, 4.69) is 0 Å². The molecule has 10 heavy (non-hydrogen) atoms. The summed E-state index contributed by atoms with van der Waals surface area (Å²) < 4.78 is 4.75. The van der Waals surface area contributed by atoms with Crippen LogP contribution >= 0.6 is 0 Å². The van der Waals surface area contributed by atoms with Crippen molar-refractivity contribution in [2.75, 3.05) is 20.3 Å². The SMILES string of the molecule is COCCOOC(C)(C)C. The van der Waals surface area contributed by atoms with E-state index in [4.69, 9.17) is 14.5 Å². The summed E-state index contributed by atoms with van der Waals surface area (Å²) in [4.78, 5) is 9.76. The first-order valence-electron chi connectivity index (χ1n) is 3.36. The summed E-state index contributed by atoms with van der Waals surface area (Å²) in [5.41, 5.74) is -0.228. The quantitative estimate of drug-likeness (QED) is 0.342. The maximum absolute atomic E-state index is 4.95. The fraction of sp³-hybridized carbons (Fsp3) is 1.00. The molecule has 0 aliphatic heterocycles. The summed E-state index contributed by atoms with van der Waals surface area (Å²) >= 11 is 0. The molecule has 62 valence electrons. The van der Waals surface area contributed by atoms with Gasteiger partial charge in [0.25, 0.3) is 0 Å². The van der Waals surface area contributed by atoms with Crippen LogP contribution in [-0.2, 0) is 14.5 Å². The Hall–Kier alpha value is -0.120. The monoisotopic (exact) mass is 148 g/mol. The fourth-order valence-electron chi connectivity index (χ4n) is 0.336. The molecule has 0 aliphatic carbocycles. The van der Waals surface area contributed by atoms with Crippen molar-refractivity contribution in [3.8, 4) is 0 Å². The highest BCUT2D eigenvalue weighted by Gasteiger charge is 2.10. The first kappa shape index (κ1) is 9.88. The van der Waals surface area contributed by atoms with Crippen LogP contribution in [-0.4, -0.2) is 25.9 Å². The van der Waals surface area contributed by atoms with Gasteiger partial charge in [-0.15, -0.1) is 0 Å². The molecule has 0 aromatic rings. The van der Waals surface area contributed by atoms with Crippen molar-refractivity contribution in [3.05, 3.63) is 0 Å². The van der Waals surface area contributed by atoms with Gasteiger partial charge in [-0.05, 0) is 20.8 Å². The molecule has 0 saturated heterocycles. The van der Waals surface area contributed by atoms with Crippen LogP contribution in [0, 0.1) is 0 Å². The molecule has 0 heterocycles. The first-order valence-corrected chi connectivity index (χ1v) is 3.36. The van der Waals surface area contributed by atoms with Crippen molar-refractivity contribution in [2.24, 2.45) is 0 Å². The van der Waals surface area contributed by atoms with Gasteiger partial charge < -0.3 is 4.74 Å². The van der Waals surface area contributed by atoms with E-state index in [1.165, 1.54) is 0 Å². The molecular weight excluding hydrogens is 132 g/mol. The predicted molar refractivity (Wildman–Crippen MR) is 38.7 cm³/mol. The lowest BCUT2D eigenvalue weighted by Gasteiger charge is -2.16. The molecule has 0 radical (unpaired) electrons. The molecule has 0 unspecified atom stereocenters.